The van der Waals surface area contributed by atoms with Crippen molar-refractivity contribution in [2.24, 2.45) is 4.99 Å². The minimum atomic E-state index is -0.584. The van der Waals surface area contributed by atoms with E-state index in [1.54, 1.807) is 31.0 Å². The number of hydrogen-bond acceptors (Lipinski definition) is 3. The molecular weight excluding hydrogens is 374 g/mol. The fourth-order valence-electron chi connectivity index (χ4n) is 3.73. The number of piperidine rings is 1. The zero-order chi connectivity index (χ0) is 21.1. The lowest BCUT2D eigenvalue weighted by Crippen LogP contribution is -2.40. The van der Waals surface area contributed by atoms with E-state index in [4.69, 9.17) is 5.26 Å². The third kappa shape index (κ3) is 4.11. The van der Waals surface area contributed by atoms with Crippen molar-refractivity contribution in [2.45, 2.75) is 25.7 Å². The second kappa shape index (κ2) is 8.39. The van der Waals surface area contributed by atoms with Crippen LogP contribution in [0.5, 0.6) is 0 Å². The molecule has 1 aliphatic rings. The monoisotopic (exact) mass is 396 g/mol. The second-order valence-electron chi connectivity index (χ2n) is 7.10. The smallest absolute Gasteiger partial charge is 0.270 e. The summed E-state index contributed by atoms with van der Waals surface area (Å²) < 4.78 is 29.0. The predicted octanol–water partition coefficient (Wildman–Crippen LogP) is 3.35. The number of hydrogen-bond donors (Lipinski definition) is 0. The molecule has 0 aliphatic carbocycles. The fraction of sp³-hybridized carbons (Fsp3) is 0.318. The summed E-state index contributed by atoms with van der Waals surface area (Å²) in [4.78, 5) is 18.7. The highest BCUT2D eigenvalue weighted by molar-refractivity contribution is 6.12. The Hall–Kier alpha value is -3.27. The minimum absolute atomic E-state index is 0.00621. The molecule has 1 saturated heterocycles. The molecule has 7 heteroatoms. The molecule has 3 rings (SSSR count). The molecule has 0 unspecified atom stereocenters. The van der Waals surface area contributed by atoms with E-state index in [-0.39, 0.29) is 17.5 Å². The number of benzene rings is 1. The topological polar surface area (TPSA) is 61.4 Å². The number of carbonyl (C=O) groups is 1. The molecule has 29 heavy (non-hydrogen) atoms. The molecule has 0 spiro atoms. The van der Waals surface area contributed by atoms with Gasteiger partial charge in [0, 0.05) is 32.4 Å². The van der Waals surface area contributed by atoms with Gasteiger partial charge in [0.05, 0.1) is 5.56 Å². The number of carbonyl (C=O) groups excluding carboxylic acids is 1. The van der Waals surface area contributed by atoms with Crippen LogP contribution in [0.3, 0.4) is 0 Å². The summed E-state index contributed by atoms with van der Waals surface area (Å²) in [5.41, 5.74) is 2.24. The lowest BCUT2D eigenvalue weighted by atomic mass is 9.86. The standard InChI is InChI=1S/C22H22F2N4O/c1-14-19(10-18(23)11-20(14)24)17-6-8-27(9-7-17)22(29)15(2)28-13-16(12-25)4-5-21(28)26-3/h4-5,10-11,13,17H,2,6-9H2,1,3H3. The Morgan fingerprint density at radius 3 is 2.59 bits per heavy atom. The van der Waals surface area contributed by atoms with Gasteiger partial charge in [-0.3, -0.25) is 14.4 Å². The first kappa shape index (κ1) is 20.5. The van der Waals surface area contributed by atoms with Crippen molar-refractivity contribution in [3.63, 3.8) is 0 Å². The van der Waals surface area contributed by atoms with E-state index >= 15 is 0 Å². The minimum Gasteiger partial charge on any atom is -0.337 e. The molecule has 1 amide bonds. The van der Waals surface area contributed by atoms with Gasteiger partial charge >= 0.3 is 0 Å². The average Bonchev–Trinajstić information content (AvgIpc) is 2.74. The highest BCUT2D eigenvalue weighted by atomic mass is 19.1. The Morgan fingerprint density at radius 1 is 1.28 bits per heavy atom. The van der Waals surface area contributed by atoms with Crippen molar-refractivity contribution < 1.29 is 13.6 Å². The maximum Gasteiger partial charge on any atom is 0.270 e. The van der Waals surface area contributed by atoms with Crippen LogP contribution in [0.25, 0.3) is 5.70 Å². The Bertz CT molecular complexity index is 1070. The SMILES string of the molecule is C=C(C(=O)N1CCC(c2cc(F)cc(F)c2C)CC1)n1cc(C#N)ccc1=NC. The van der Waals surface area contributed by atoms with Gasteiger partial charge in [-0.15, -0.1) is 0 Å². The van der Waals surface area contributed by atoms with Crippen molar-refractivity contribution in [3.05, 3.63) is 70.9 Å². The normalized spacial score (nSPS) is 15.3. The van der Waals surface area contributed by atoms with E-state index in [1.807, 2.05) is 6.07 Å². The Balaban J connectivity index is 1.76. The number of amides is 1. The summed E-state index contributed by atoms with van der Waals surface area (Å²) in [5.74, 6) is -1.39. The van der Waals surface area contributed by atoms with E-state index in [0.717, 1.165) is 6.07 Å². The molecule has 0 atom stereocenters. The predicted molar refractivity (Wildman–Crippen MR) is 106 cm³/mol. The summed E-state index contributed by atoms with van der Waals surface area (Å²) in [7, 11) is 1.60. The van der Waals surface area contributed by atoms with Crippen molar-refractivity contribution in [2.75, 3.05) is 20.1 Å². The van der Waals surface area contributed by atoms with E-state index in [9.17, 15) is 13.6 Å². The van der Waals surface area contributed by atoms with Gasteiger partial charge in [0.2, 0.25) is 0 Å². The lowest BCUT2D eigenvalue weighted by Gasteiger charge is -2.33. The van der Waals surface area contributed by atoms with Crippen molar-refractivity contribution >= 4 is 11.6 Å². The first-order chi connectivity index (χ1) is 13.8. The molecule has 5 nitrogen and oxygen atoms in total. The number of rotatable bonds is 3. The molecule has 2 heterocycles. The lowest BCUT2D eigenvalue weighted by molar-refractivity contribution is -0.126. The third-order valence-electron chi connectivity index (χ3n) is 5.39. The molecule has 0 N–H and O–H groups in total. The molecule has 1 fully saturated rings. The van der Waals surface area contributed by atoms with Crippen LogP contribution in [0.4, 0.5) is 8.78 Å². The van der Waals surface area contributed by atoms with Crippen LogP contribution in [0.1, 0.15) is 35.4 Å². The molecule has 0 radical (unpaired) electrons. The number of halogens is 2. The Labute approximate surface area is 168 Å². The first-order valence-electron chi connectivity index (χ1n) is 9.35. The van der Waals surface area contributed by atoms with Gasteiger partial charge in [-0.05, 0) is 55.0 Å². The summed E-state index contributed by atoms with van der Waals surface area (Å²) in [6, 6.07) is 7.61. The largest absolute Gasteiger partial charge is 0.337 e. The first-order valence-corrected chi connectivity index (χ1v) is 9.35. The van der Waals surface area contributed by atoms with Crippen LogP contribution >= 0.6 is 0 Å². The van der Waals surface area contributed by atoms with Gasteiger partial charge in [0.25, 0.3) is 5.91 Å². The van der Waals surface area contributed by atoms with Gasteiger partial charge in [-0.2, -0.15) is 5.26 Å². The maximum atomic E-state index is 13.9. The van der Waals surface area contributed by atoms with Gasteiger partial charge in [-0.25, -0.2) is 8.78 Å². The van der Waals surface area contributed by atoms with Gasteiger partial charge in [0.15, 0.2) is 0 Å². The van der Waals surface area contributed by atoms with Crippen molar-refractivity contribution in [1.82, 2.24) is 9.47 Å². The zero-order valence-electron chi connectivity index (χ0n) is 16.5. The molecule has 1 aromatic carbocycles. The van der Waals surface area contributed by atoms with E-state index in [0.29, 0.717) is 48.1 Å². The summed E-state index contributed by atoms with van der Waals surface area (Å²) in [6.45, 7) is 6.46. The number of likely N-dealkylation sites (tertiary alicyclic amines) is 1. The highest BCUT2D eigenvalue weighted by Gasteiger charge is 2.27. The van der Waals surface area contributed by atoms with Crippen LogP contribution < -0.4 is 5.49 Å². The van der Waals surface area contributed by atoms with E-state index in [1.165, 1.54) is 16.8 Å². The molecule has 1 aromatic heterocycles. The van der Waals surface area contributed by atoms with Crippen LogP contribution in [0, 0.1) is 29.9 Å². The Morgan fingerprint density at radius 2 is 1.97 bits per heavy atom. The molecule has 150 valence electrons. The zero-order valence-corrected chi connectivity index (χ0v) is 16.5. The number of pyridine rings is 1. The number of nitrogens with zero attached hydrogens (tertiary/aromatic N) is 4. The molecule has 1 aliphatic heterocycles. The van der Waals surface area contributed by atoms with Gasteiger partial charge in [0.1, 0.15) is 28.9 Å². The summed E-state index contributed by atoms with van der Waals surface area (Å²) in [5, 5.41) is 9.12. The van der Waals surface area contributed by atoms with Crippen LogP contribution in [0.2, 0.25) is 0 Å². The number of nitriles is 1. The molecule has 0 saturated carbocycles. The second-order valence-corrected chi connectivity index (χ2v) is 7.10. The fourth-order valence-corrected chi connectivity index (χ4v) is 3.73. The Kier molecular flexibility index (Phi) is 5.92. The summed E-state index contributed by atoms with van der Waals surface area (Å²) in [6.07, 6.45) is 2.75. The van der Waals surface area contributed by atoms with Gasteiger partial charge in [-0.1, -0.05) is 6.58 Å². The maximum absolute atomic E-state index is 13.9. The van der Waals surface area contributed by atoms with Crippen LogP contribution in [-0.2, 0) is 4.79 Å². The van der Waals surface area contributed by atoms with E-state index < -0.39 is 11.6 Å². The van der Waals surface area contributed by atoms with Crippen LogP contribution in [-0.4, -0.2) is 35.5 Å². The van der Waals surface area contributed by atoms with Crippen molar-refractivity contribution in [3.8, 4) is 6.07 Å². The van der Waals surface area contributed by atoms with Crippen molar-refractivity contribution in [1.29, 1.82) is 5.26 Å². The van der Waals surface area contributed by atoms with E-state index in [2.05, 4.69) is 11.6 Å². The molecule has 0 bridgehead atoms. The highest BCUT2D eigenvalue weighted by Crippen LogP contribution is 2.32. The quantitative estimate of drug-likeness (QED) is 0.747. The number of aromatic nitrogens is 1. The average molecular weight is 396 g/mol. The molecular formula is C22H22F2N4O. The third-order valence-corrected chi connectivity index (χ3v) is 5.39. The molecule has 2 aromatic rings. The van der Waals surface area contributed by atoms with Crippen LogP contribution in [0.15, 0.2) is 42.0 Å². The summed E-state index contributed by atoms with van der Waals surface area (Å²) >= 11 is 0. The van der Waals surface area contributed by atoms with Gasteiger partial charge < -0.3 is 4.90 Å².